The second kappa shape index (κ2) is 11.7. The molecule has 2 aromatic carbocycles. The monoisotopic (exact) mass is 390 g/mol. The number of nitrogens with one attached hydrogen (secondary N) is 1. The highest BCUT2D eigenvalue weighted by Gasteiger charge is 1.95. The maximum absolute atomic E-state index is 5.67. The van der Waals surface area contributed by atoms with Crippen LogP contribution in [0.3, 0.4) is 0 Å². The van der Waals surface area contributed by atoms with E-state index in [1.807, 2.05) is 42.5 Å². The molecule has 0 bridgehead atoms. The second-order valence-corrected chi connectivity index (χ2v) is 7.13. The first kappa shape index (κ1) is 20.7. The number of rotatable bonds is 7. The van der Waals surface area contributed by atoms with Crippen LogP contribution in [0.4, 0.5) is 0 Å². The first-order valence-corrected chi connectivity index (χ1v) is 10.5. The lowest BCUT2D eigenvalue weighted by atomic mass is 10.1. The molecule has 0 saturated heterocycles. The van der Waals surface area contributed by atoms with E-state index in [1.165, 1.54) is 44.9 Å². The van der Waals surface area contributed by atoms with Crippen LogP contribution in [-0.2, 0) is 6.42 Å². The van der Waals surface area contributed by atoms with Gasteiger partial charge in [-0.25, -0.2) is 10.1 Å². The quantitative estimate of drug-likeness (QED) is 0.330. The summed E-state index contributed by atoms with van der Waals surface area (Å²) >= 11 is 0. The molecule has 0 amide bonds. The molecule has 2 heterocycles. The van der Waals surface area contributed by atoms with Crippen LogP contribution in [0, 0.1) is 0 Å². The first-order chi connectivity index (χ1) is 14.4. The molecule has 2 aromatic heterocycles. The zero-order chi connectivity index (χ0) is 20.2. The molecule has 4 aromatic rings. The molecule has 0 unspecified atom stereocenters. The van der Waals surface area contributed by atoms with Gasteiger partial charge in [-0.2, -0.15) is 0 Å². The number of hydrogen-bond acceptors (Lipinski definition) is 3. The van der Waals surface area contributed by atoms with Gasteiger partial charge in [-0.15, -0.1) is 0 Å². The summed E-state index contributed by atoms with van der Waals surface area (Å²) in [7, 11) is 0. The average molecular weight is 391 g/mol. The van der Waals surface area contributed by atoms with Gasteiger partial charge in [0.15, 0.2) is 17.6 Å². The van der Waals surface area contributed by atoms with E-state index in [9.17, 15) is 0 Å². The number of hydrogen-bond donors (Lipinski definition) is 1. The molecule has 152 valence electrons. The fourth-order valence-electron chi connectivity index (χ4n) is 3.17. The van der Waals surface area contributed by atoms with Gasteiger partial charge in [0.25, 0.3) is 0 Å². The van der Waals surface area contributed by atoms with Gasteiger partial charge in [0.1, 0.15) is 5.52 Å². The molecule has 0 aliphatic rings. The number of aromatic amines is 1. The van der Waals surface area contributed by atoms with Gasteiger partial charge < -0.3 is 8.94 Å². The minimum absolute atomic E-state index is 0.845. The van der Waals surface area contributed by atoms with E-state index in [-0.39, 0.29) is 0 Å². The molecular formula is C25H30N2O2. The van der Waals surface area contributed by atoms with E-state index in [1.54, 1.807) is 0 Å². The van der Waals surface area contributed by atoms with Crippen molar-refractivity contribution in [3.63, 3.8) is 0 Å². The molecule has 0 saturated carbocycles. The highest BCUT2D eigenvalue weighted by molar-refractivity contribution is 5.75. The van der Waals surface area contributed by atoms with Gasteiger partial charge in [-0.05, 0) is 37.1 Å². The summed E-state index contributed by atoms with van der Waals surface area (Å²) < 4.78 is 10.7. The molecule has 0 aliphatic heterocycles. The Balaban J connectivity index is 0.000000220. The Labute approximate surface area is 172 Å². The Hall–Kier alpha value is -3.01. The summed E-state index contributed by atoms with van der Waals surface area (Å²) in [6.45, 7) is 2.25. The van der Waals surface area contributed by atoms with Crippen molar-refractivity contribution < 1.29 is 8.94 Å². The van der Waals surface area contributed by atoms with E-state index in [0.717, 1.165) is 34.2 Å². The number of unbranched alkanes of at least 4 members (excludes halogenated alkanes) is 5. The van der Waals surface area contributed by atoms with Crippen molar-refractivity contribution in [3.05, 3.63) is 78.8 Å². The lowest BCUT2D eigenvalue weighted by molar-refractivity contribution is 0.429. The Bertz CT molecular complexity index is 997. The summed E-state index contributed by atoms with van der Waals surface area (Å²) in [6, 6.07) is 22.0. The number of aryl methyl sites for hydroxylation is 1. The topological polar surface area (TPSA) is 55.0 Å². The summed E-state index contributed by atoms with van der Waals surface area (Å²) in [5, 5.41) is 4.20. The van der Waals surface area contributed by atoms with E-state index in [2.05, 4.69) is 41.3 Å². The third-order valence-electron chi connectivity index (χ3n) is 4.82. The number of aromatic nitrogens is 2. The van der Waals surface area contributed by atoms with Gasteiger partial charge in [0.2, 0.25) is 0 Å². The van der Waals surface area contributed by atoms with Gasteiger partial charge >= 0.3 is 0 Å². The fraction of sp³-hybridized carbons (Fsp3) is 0.320. The molecule has 1 N–H and O–H groups in total. The maximum Gasteiger partial charge on any atom is 0.181 e. The van der Waals surface area contributed by atoms with Crippen molar-refractivity contribution in [2.24, 2.45) is 0 Å². The SMILES string of the molecule is CCCCCCCCc1cccc2ccccc2o[nH]1.c1ccc2ocnc2c1. The average Bonchev–Trinajstić information content (AvgIpc) is 3.22. The van der Waals surface area contributed by atoms with Crippen LogP contribution in [0.15, 0.2) is 82.1 Å². The van der Waals surface area contributed by atoms with E-state index in [4.69, 9.17) is 8.94 Å². The van der Waals surface area contributed by atoms with Crippen molar-refractivity contribution in [2.75, 3.05) is 0 Å². The highest BCUT2D eigenvalue weighted by atomic mass is 16.5. The van der Waals surface area contributed by atoms with Crippen LogP contribution < -0.4 is 0 Å². The van der Waals surface area contributed by atoms with Crippen molar-refractivity contribution in [2.45, 2.75) is 51.9 Å². The number of benzene rings is 2. The fourth-order valence-corrected chi connectivity index (χ4v) is 3.17. The van der Waals surface area contributed by atoms with E-state index < -0.39 is 0 Å². The molecule has 4 nitrogen and oxygen atoms in total. The third-order valence-corrected chi connectivity index (χ3v) is 4.82. The largest absolute Gasteiger partial charge is 0.443 e. The number of oxazole rings is 1. The van der Waals surface area contributed by atoms with Crippen molar-refractivity contribution in [1.29, 1.82) is 0 Å². The Morgan fingerprint density at radius 3 is 2.34 bits per heavy atom. The van der Waals surface area contributed by atoms with Crippen LogP contribution in [0.2, 0.25) is 0 Å². The summed E-state index contributed by atoms with van der Waals surface area (Å²) in [5.41, 5.74) is 3.80. The lowest BCUT2D eigenvalue weighted by Crippen LogP contribution is -1.88. The standard InChI is InChI=1S/C18H25NO.C7H5NO/c1-2-3-4-5-6-7-13-17-14-10-12-16-11-8-9-15-18(16)20-19-17;1-2-4-7-6(3-1)8-5-9-7/h8-12,14-15,19H,2-7,13H2,1H3;1-5H. The van der Waals surface area contributed by atoms with Crippen molar-refractivity contribution >= 4 is 22.1 Å². The molecule has 29 heavy (non-hydrogen) atoms. The summed E-state index contributed by atoms with van der Waals surface area (Å²) in [6.07, 6.45) is 10.4. The molecule has 0 aliphatic carbocycles. The predicted octanol–water partition coefficient (Wildman–Crippen LogP) is 7.62. The number of H-pyrrole nitrogens is 1. The number of para-hydroxylation sites is 3. The third kappa shape index (κ3) is 6.83. The lowest BCUT2D eigenvalue weighted by Gasteiger charge is -2.01. The Kier molecular flexibility index (Phi) is 8.39. The highest BCUT2D eigenvalue weighted by Crippen LogP contribution is 2.12. The minimum atomic E-state index is 0.845. The molecule has 0 atom stereocenters. The van der Waals surface area contributed by atoms with Crippen LogP contribution in [0.25, 0.3) is 22.1 Å². The first-order valence-electron chi connectivity index (χ1n) is 10.5. The number of nitrogens with zero attached hydrogens (tertiary/aromatic N) is 1. The Morgan fingerprint density at radius 1 is 0.759 bits per heavy atom. The predicted molar refractivity (Wildman–Crippen MR) is 119 cm³/mol. The molecule has 0 spiro atoms. The molecular weight excluding hydrogens is 360 g/mol. The smallest absolute Gasteiger partial charge is 0.181 e. The van der Waals surface area contributed by atoms with E-state index in [0.29, 0.717) is 0 Å². The van der Waals surface area contributed by atoms with Crippen LogP contribution in [0.5, 0.6) is 0 Å². The molecule has 4 rings (SSSR count). The zero-order valence-electron chi connectivity index (χ0n) is 17.1. The van der Waals surface area contributed by atoms with Gasteiger partial charge in [0, 0.05) is 11.1 Å². The molecule has 0 fully saturated rings. The molecule has 0 radical (unpaired) electrons. The van der Waals surface area contributed by atoms with Crippen LogP contribution in [0.1, 0.15) is 51.1 Å². The molecule has 4 heteroatoms. The summed E-state index contributed by atoms with van der Waals surface area (Å²) in [4.78, 5) is 3.95. The van der Waals surface area contributed by atoms with Crippen molar-refractivity contribution in [3.8, 4) is 0 Å². The number of fused-ring (bicyclic) bond motifs is 2. The van der Waals surface area contributed by atoms with Crippen LogP contribution >= 0.6 is 0 Å². The van der Waals surface area contributed by atoms with Crippen molar-refractivity contribution in [1.82, 2.24) is 10.1 Å². The second-order valence-electron chi connectivity index (χ2n) is 7.13. The van der Waals surface area contributed by atoms with Crippen LogP contribution in [-0.4, -0.2) is 10.1 Å². The van der Waals surface area contributed by atoms with Gasteiger partial charge in [-0.1, -0.05) is 81.5 Å². The zero-order valence-corrected chi connectivity index (χ0v) is 17.1. The van der Waals surface area contributed by atoms with Gasteiger partial charge in [0.05, 0.1) is 0 Å². The maximum atomic E-state index is 5.67. The Morgan fingerprint density at radius 2 is 1.48 bits per heavy atom. The minimum Gasteiger partial charge on any atom is -0.443 e. The van der Waals surface area contributed by atoms with E-state index >= 15 is 0 Å². The van der Waals surface area contributed by atoms with Gasteiger partial charge in [-0.3, -0.25) is 0 Å². The normalized spacial score (nSPS) is 10.5. The summed E-state index contributed by atoms with van der Waals surface area (Å²) in [5.74, 6) is 0.